The summed E-state index contributed by atoms with van der Waals surface area (Å²) in [6.07, 6.45) is 1.68. The molecule has 1 saturated carbocycles. The van der Waals surface area contributed by atoms with Crippen LogP contribution in [-0.4, -0.2) is 44.8 Å². The molecule has 0 spiro atoms. The number of hydrogen-bond acceptors (Lipinski definition) is 5. The highest BCUT2D eigenvalue weighted by Crippen LogP contribution is 2.32. The lowest BCUT2D eigenvalue weighted by atomic mass is 9.87. The van der Waals surface area contributed by atoms with Crippen LogP contribution in [0.3, 0.4) is 0 Å². The molecule has 9 heteroatoms. The normalized spacial score (nSPS) is 13.5. The van der Waals surface area contributed by atoms with Crippen LogP contribution in [0.2, 0.25) is 0 Å². The van der Waals surface area contributed by atoms with Gasteiger partial charge in [0.1, 0.15) is 12.3 Å². The van der Waals surface area contributed by atoms with Crippen LogP contribution in [0.1, 0.15) is 55.1 Å². The number of ether oxygens (including phenoxy) is 1. The molecule has 0 aromatic heterocycles. The van der Waals surface area contributed by atoms with Crippen molar-refractivity contribution in [1.29, 1.82) is 0 Å². The van der Waals surface area contributed by atoms with Gasteiger partial charge in [0.25, 0.3) is 15.9 Å². The molecule has 1 fully saturated rings. The van der Waals surface area contributed by atoms with Crippen LogP contribution >= 0.6 is 0 Å². The van der Waals surface area contributed by atoms with E-state index >= 15 is 0 Å². The number of methoxy groups -OCH3 is 1. The first-order chi connectivity index (χ1) is 18.4. The van der Waals surface area contributed by atoms with E-state index in [9.17, 15) is 18.0 Å². The van der Waals surface area contributed by atoms with E-state index < -0.39 is 22.5 Å². The molecule has 0 aliphatic heterocycles. The van der Waals surface area contributed by atoms with Gasteiger partial charge in [-0.15, -0.1) is 0 Å². The average Bonchev–Trinajstić information content (AvgIpc) is 3.75. The maximum Gasteiger partial charge on any atom is 0.264 e. The van der Waals surface area contributed by atoms with Gasteiger partial charge in [0, 0.05) is 12.6 Å². The number of para-hydroxylation sites is 1. The second kappa shape index (κ2) is 11.1. The lowest BCUT2D eigenvalue weighted by Crippen LogP contribution is -2.44. The highest BCUT2D eigenvalue weighted by molar-refractivity contribution is 7.92. The summed E-state index contributed by atoms with van der Waals surface area (Å²) in [4.78, 5) is 27.8. The minimum atomic E-state index is -4.23. The molecule has 0 heterocycles. The third-order valence-corrected chi connectivity index (χ3v) is 8.59. The predicted molar refractivity (Wildman–Crippen MR) is 151 cm³/mol. The number of nitrogens with zero attached hydrogens (tertiary/aromatic N) is 2. The zero-order chi connectivity index (χ0) is 28.4. The lowest BCUT2D eigenvalue weighted by Gasteiger charge is -2.30. The Morgan fingerprint density at radius 2 is 1.64 bits per heavy atom. The van der Waals surface area contributed by atoms with Crippen LogP contribution < -0.4 is 14.8 Å². The Balaban J connectivity index is 1.73. The third-order valence-electron chi connectivity index (χ3n) is 6.82. The van der Waals surface area contributed by atoms with E-state index in [1.54, 1.807) is 36.3 Å². The number of primary amides is 1. The fourth-order valence-electron chi connectivity index (χ4n) is 4.44. The van der Waals surface area contributed by atoms with Gasteiger partial charge in [-0.25, -0.2) is 8.42 Å². The molecule has 206 valence electrons. The molecule has 0 bridgehead atoms. The molecule has 3 aromatic rings. The van der Waals surface area contributed by atoms with Crippen LogP contribution in [0.4, 0.5) is 5.69 Å². The van der Waals surface area contributed by atoms with Gasteiger partial charge in [-0.1, -0.05) is 57.2 Å². The number of carbonyl (C=O) groups excluding carboxylic acids is 2. The highest BCUT2D eigenvalue weighted by atomic mass is 32.2. The van der Waals surface area contributed by atoms with Gasteiger partial charge in [-0.2, -0.15) is 0 Å². The average molecular weight is 550 g/mol. The van der Waals surface area contributed by atoms with E-state index in [4.69, 9.17) is 10.5 Å². The Morgan fingerprint density at radius 1 is 0.974 bits per heavy atom. The zero-order valence-electron chi connectivity index (χ0n) is 22.8. The molecule has 0 radical (unpaired) electrons. The lowest BCUT2D eigenvalue weighted by molar-refractivity contribution is -0.130. The number of carbonyl (C=O) groups is 2. The maximum absolute atomic E-state index is 14.0. The standard InChI is InChI=1S/C30H35N3O5S/c1-30(2,3)22-12-16-25(17-13-22)39(36,37)33(27-11-6-5-10-26(27)29(31)35)20-28(34)32(23-14-15-23)19-21-8-7-9-24(18-21)38-4/h5-13,16-18,23H,14-15,19-20H2,1-4H3,(H2,31,35). The Morgan fingerprint density at radius 3 is 2.23 bits per heavy atom. The van der Waals surface area contributed by atoms with Crippen molar-refractivity contribution in [3.8, 4) is 5.75 Å². The minimum absolute atomic E-state index is 0.0192. The molecule has 0 saturated heterocycles. The molecule has 4 rings (SSSR count). The summed E-state index contributed by atoms with van der Waals surface area (Å²) in [5.41, 5.74) is 7.38. The first kappa shape index (κ1) is 28.2. The van der Waals surface area contributed by atoms with Crippen molar-refractivity contribution < 1.29 is 22.7 Å². The van der Waals surface area contributed by atoms with Crippen LogP contribution in [0.5, 0.6) is 5.75 Å². The Kier molecular flexibility index (Phi) is 8.02. The van der Waals surface area contributed by atoms with Gasteiger partial charge in [0.2, 0.25) is 5.91 Å². The molecule has 1 aliphatic carbocycles. The molecule has 0 unspecified atom stereocenters. The number of rotatable bonds is 10. The number of hydrogen-bond donors (Lipinski definition) is 1. The Bertz CT molecular complexity index is 1460. The molecule has 2 amide bonds. The van der Waals surface area contributed by atoms with Crippen molar-refractivity contribution in [3.63, 3.8) is 0 Å². The second-order valence-corrected chi connectivity index (χ2v) is 12.6. The number of amides is 2. The first-order valence-electron chi connectivity index (χ1n) is 12.9. The van der Waals surface area contributed by atoms with E-state index in [-0.39, 0.29) is 33.5 Å². The fraction of sp³-hybridized carbons (Fsp3) is 0.333. The van der Waals surface area contributed by atoms with Crippen LogP contribution in [0.25, 0.3) is 0 Å². The summed E-state index contributed by atoms with van der Waals surface area (Å²) in [7, 11) is -2.65. The first-order valence-corrected chi connectivity index (χ1v) is 14.3. The van der Waals surface area contributed by atoms with Crippen molar-refractivity contribution in [3.05, 3.63) is 89.5 Å². The van der Waals surface area contributed by atoms with Gasteiger partial charge >= 0.3 is 0 Å². The van der Waals surface area contributed by atoms with E-state index in [0.29, 0.717) is 12.3 Å². The van der Waals surface area contributed by atoms with Gasteiger partial charge in [-0.05, 0) is 65.8 Å². The number of sulfonamides is 1. The SMILES string of the molecule is COc1cccc(CN(C(=O)CN(c2ccccc2C(N)=O)S(=O)(=O)c2ccc(C(C)(C)C)cc2)C2CC2)c1. The number of anilines is 1. The third kappa shape index (κ3) is 6.42. The predicted octanol–water partition coefficient (Wildman–Crippen LogP) is 4.48. The quantitative estimate of drug-likeness (QED) is 0.401. The zero-order valence-corrected chi connectivity index (χ0v) is 23.6. The van der Waals surface area contributed by atoms with Crippen molar-refractivity contribution >= 4 is 27.5 Å². The monoisotopic (exact) mass is 549 g/mol. The molecular formula is C30H35N3O5S. The maximum atomic E-state index is 14.0. The van der Waals surface area contributed by atoms with Gasteiger partial charge < -0.3 is 15.4 Å². The van der Waals surface area contributed by atoms with E-state index in [1.807, 2.05) is 45.0 Å². The van der Waals surface area contributed by atoms with Crippen LogP contribution in [0.15, 0.2) is 77.7 Å². The van der Waals surface area contributed by atoms with E-state index in [1.165, 1.54) is 24.3 Å². The minimum Gasteiger partial charge on any atom is -0.497 e. The highest BCUT2D eigenvalue weighted by Gasteiger charge is 2.36. The van der Waals surface area contributed by atoms with Gasteiger partial charge in [-0.3, -0.25) is 13.9 Å². The van der Waals surface area contributed by atoms with E-state index in [2.05, 4.69) is 0 Å². The van der Waals surface area contributed by atoms with Gasteiger partial charge in [0.05, 0.1) is 23.3 Å². The molecule has 0 atom stereocenters. The molecule has 2 N–H and O–H groups in total. The van der Waals surface area contributed by atoms with Crippen LogP contribution in [-0.2, 0) is 26.8 Å². The Labute approximate surface area is 230 Å². The summed E-state index contributed by atoms with van der Waals surface area (Å²) in [6, 6.07) is 20.3. The van der Waals surface area contributed by atoms with Crippen molar-refractivity contribution in [2.24, 2.45) is 5.73 Å². The number of nitrogens with two attached hydrogens (primary N) is 1. The van der Waals surface area contributed by atoms with Crippen molar-refractivity contribution in [1.82, 2.24) is 4.90 Å². The smallest absolute Gasteiger partial charge is 0.264 e. The second-order valence-electron chi connectivity index (χ2n) is 10.8. The van der Waals surface area contributed by atoms with Crippen LogP contribution in [0, 0.1) is 0 Å². The van der Waals surface area contributed by atoms with Gasteiger partial charge in [0.15, 0.2) is 0 Å². The van der Waals surface area contributed by atoms with Crippen molar-refractivity contribution in [2.75, 3.05) is 18.0 Å². The molecular weight excluding hydrogens is 514 g/mol. The fourth-order valence-corrected chi connectivity index (χ4v) is 5.87. The summed E-state index contributed by atoms with van der Waals surface area (Å²) in [6.45, 7) is 5.96. The molecule has 3 aromatic carbocycles. The number of benzene rings is 3. The summed E-state index contributed by atoms with van der Waals surface area (Å²) in [5, 5.41) is 0. The van der Waals surface area contributed by atoms with Crippen molar-refractivity contribution in [2.45, 2.75) is 56.5 Å². The largest absolute Gasteiger partial charge is 0.497 e. The summed E-state index contributed by atoms with van der Waals surface area (Å²) in [5.74, 6) is -0.472. The summed E-state index contributed by atoms with van der Waals surface area (Å²) < 4.78 is 34.4. The molecule has 1 aliphatic rings. The molecule has 8 nitrogen and oxygen atoms in total. The Hall–Kier alpha value is -3.85. The molecule has 39 heavy (non-hydrogen) atoms. The van der Waals surface area contributed by atoms with E-state index in [0.717, 1.165) is 28.3 Å². The topological polar surface area (TPSA) is 110 Å². The summed E-state index contributed by atoms with van der Waals surface area (Å²) >= 11 is 0.